The van der Waals surface area contributed by atoms with E-state index in [1.165, 1.54) is 18.5 Å². The Hall–Kier alpha value is -3.74. The van der Waals surface area contributed by atoms with Gasteiger partial charge < -0.3 is 10.2 Å². The summed E-state index contributed by atoms with van der Waals surface area (Å²) in [4.78, 5) is 25.4. The van der Waals surface area contributed by atoms with Crippen LogP contribution in [0.2, 0.25) is 0 Å². The van der Waals surface area contributed by atoms with Gasteiger partial charge in [0.25, 0.3) is 5.91 Å². The zero-order valence-corrected chi connectivity index (χ0v) is 19.4. The van der Waals surface area contributed by atoms with E-state index in [0.29, 0.717) is 29.5 Å². The number of benzene rings is 1. The van der Waals surface area contributed by atoms with Crippen molar-refractivity contribution in [1.82, 2.24) is 25.1 Å². The van der Waals surface area contributed by atoms with Crippen LogP contribution in [0.1, 0.15) is 58.9 Å². The third kappa shape index (κ3) is 3.81. The van der Waals surface area contributed by atoms with Crippen molar-refractivity contribution in [3.8, 4) is 5.82 Å². The van der Waals surface area contributed by atoms with E-state index in [9.17, 15) is 4.79 Å². The maximum Gasteiger partial charge on any atom is 0.252 e. The van der Waals surface area contributed by atoms with Gasteiger partial charge in [-0.2, -0.15) is 9.78 Å². The highest BCUT2D eigenvalue weighted by Crippen LogP contribution is 2.40. The number of hydrogen-bond acceptors (Lipinski definition) is 5. The zero-order valence-electron chi connectivity index (χ0n) is 19.4. The van der Waals surface area contributed by atoms with Gasteiger partial charge in [0, 0.05) is 43.1 Å². The Kier molecular flexibility index (Phi) is 5.24. The lowest BCUT2D eigenvalue weighted by Crippen LogP contribution is -2.26. The summed E-state index contributed by atoms with van der Waals surface area (Å²) in [5.41, 5.74) is 5.45. The summed E-state index contributed by atoms with van der Waals surface area (Å²) in [5.74, 6) is 1.03. The average Bonchev–Trinajstić information content (AvgIpc) is 3.48. The van der Waals surface area contributed by atoms with Gasteiger partial charge in [0.05, 0.1) is 16.6 Å². The first-order valence-electron chi connectivity index (χ1n) is 12.1. The van der Waals surface area contributed by atoms with E-state index in [1.54, 1.807) is 10.9 Å². The average molecular weight is 453 g/mol. The molecule has 2 fully saturated rings. The molecule has 0 bridgehead atoms. The lowest BCUT2D eigenvalue weighted by atomic mass is 10.1. The summed E-state index contributed by atoms with van der Waals surface area (Å²) in [7, 11) is 0. The highest BCUT2D eigenvalue weighted by atomic mass is 16.1. The van der Waals surface area contributed by atoms with Crippen molar-refractivity contribution in [2.45, 2.75) is 45.1 Å². The van der Waals surface area contributed by atoms with Crippen LogP contribution in [0.25, 0.3) is 16.9 Å². The predicted molar refractivity (Wildman–Crippen MR) is 132 cm³/mol. The third-order valence-electron chi connectivity index (χ3n) is 6.82. The van der Waals surface area contributed by atoms with E-state index in [0.717, 1.165) is 48.3 Å². The second-order valence-electron chi connectivity index (χ2n) is 9.26. The fraction of sp³-hybridized carbons (Fsp3) is 0.333. The highest BCUT2D eigenvalue weighted by molar-refractivity contribution is 6.06. The van der Waals surface area contributed by atoms with Gasteiger partial charge >= 0.3 is 0 Å². The number of nitrogens with one attached hydrogen (secondary N) is 1. The molecular weight excluding hydrogens is 424 g/mol. The first-order chi connectivity index (χ1) is 16.7. The Labute approximate surface area is 198 Å². The van der Waals surface area contributed by atoms with E-state index in [1.807, 2.05) is 37.3 Å². The van der Waals surface area contributed by atoms with Crippen molar-refractivity contribution < 1.29 is 4.79 Å². The molecule has 7 nitrogen and oxygen atoms in total. The smallest absolute Gasteiger partial charge is 0.252 e. The number of aryl methyl sites for hydroxylation is 1. The van der Waals surface area contributed by atoms with Crippen molar-refractivity contribution in [3.05, 3.63) is 77.2 Å². The number of anilines is 1. The van der Waals surface area contributed by atoms with Crippen molar-refractivity contribution in [2.24, 2.45) is 0 Å². The number of para-hydroxylation sites is 1. The van der Waals surface area contributed by atoms with Crippen LogP contribution in [0.15, 0.2) is 54.7 Å². The molecule has 3 aromatic heterocycles. The topological polar surface area (TPSA) is 75.9 Å². The van der Waals surface area contributed by atoms with Crippen molar-refractivity contribution in [3.63, 3.8) is 0 Å². The van der Waals surface area contributed by atoms with Gasteiger partial charge in [-0.1, -0.05) is 24.3 Å². The Morgan fingerprint density at radius 1 is 1.09 bits per heavy atom. The summed E-state index contributed by atoms with van der Waals surface area (Å²) < 4.78 is 1.76. The number of hydrogen-bond donors (Lipinski definition) is 1. The minimum atomic E-state index is -0.0887. The van der Waals surface area contributed by atoms with Gasteiger partial charge in [-0.3, -0.25) is 4.79 Å². The Balaban J connectivity index is 1.36. The lowest BCUT2D eigenvalue weighted by Gasteiger charge is -2.21. The van der Waals surface area contributed by atoms with Crippen LogP contribution in [-0.4, -0.2) is 38.7 Å². The predicted octanol–water partition coefficient (Wildman–Crippen LogP) is 4.53. The number of amides is 1. The molecule has 1 aromatic carbocycles. The minimum Gasteiger partial charge on any atom is -0.371 e. The molecule has 1 amide bonds. The molecule has 0 atom stereocenters. The number of carbonyl (C=O) groups excluding carboxylic acids is 1. The number of fused-ring (bicyclic) bond motifs is 1. The molecule has 172 valence electrons. The van der Waals surface area contributed by atoms with Crippen LogP contribution in [-0.2, 0) is 6.54 Å². The van der Waals surface area contributed by atoms with Crippen molar-refractivity contribution >= 4 is 22.6 Å². The van der Waals surface area contributed by atoms with Gasteiger partial charge in [0.15, 0.2) is 11.5 Å². The summed E-state index contributed by atoms with van der Waals surface area (Å²) in [6.45, 7) is 4.57. The largest absolute Gasteiger partial charge is 0.371 e. The number of nitrogens with zero attached hydrogens (tertiary/aromatic N) is 5. The van der Waals surface area contributed by atoms with E-state index < -0.39 is 0 Å². The summed E-state index contributed by atoms with van der Waals surface area (Å²) in [5, 5.41) is 8.69. The molecule has 2 aliphatic rings. The molecule has 1 saturated heterocycles. The molecule has 1 aliphatic heterocycles. The lowest BCUT2D eigenvalue weighted by molar-refractivity contribution is 0.0952. The molecule has 1 saturated carbocycles. The van der Waals surface area contributed by atoms with Crippen LogP contribution in [0.5, 0.6) is 0 Å². The number of aromatic nitrogens is 4. The van der Waals surface area contributed by atoms with Crippen LogP contribution >= 0.6 is 0 Å². The maximum atomic E-state index is 13.6. The van der Waals surface area contributed by atoms with Crippen LogP contribution in [0.4, 0.5) is 5.69 Å². The Morgan fingerprint density at radius 3 is 2.65 bits per heavy atom. The molecule has 1 aliphatic carbocycles. The third-order valence-corrected chi connectivity index (χ3v) is 6.82. The van der Waals surface area contributed by atoms with E-state index >= 15 is 0 Å². The summed E-state index contributed by atoms with van der Waals surface area (Å²) >= 11 is 0. The number of rotatable bonds is 6. The fourth-order valence-corrected chi connectivity index (χ4v) is 4.91. The van der Waals surface area contributed by atoms with E-state index in [2.05, 4.69) is 33.4 Å². The molecule has 4 heterocycles. The second kappa shape index (κ2) is 8.56. The van der Waals surface area contributed by atoms with E-state index in [4.69, 9.17) is 10.1 Å². The standard InChI is InChI=1S/C27H28N6O/c1-18-25-21(27(34)29-17-20-8-2-3-9-23(20)32-14-6-7-15-32)16-22(19-11-12-19)30-26(25)33(31-18)24-10-4-5-13-28-24/h2-5,8-10,13,16,19H,6-7,11-12,14-15,17H2,1H3,(H,29,34). The van der Waals surface area contributed by atoms with Crippen molar-refractivity contribution in [2.75, 3.05) is 18.0 Å². The van der Waals surface area contributed by atoms with Crippen molar-refractivity contribution in [1.29, 1.82) is 0 Å². The minimum absolute atomic E-state index is 0.0887. The van der Waals surface area contributed by atoms with Crippen LogP contribution < -0.4 is 10.2 Å². The maximum absolute atomic E-state index is 13.6. The SMILES string of the molecule is Cc1nn(-c2ccccn2)c2nc(C3CC3)cc(C(=O)NCc3ccccc3N3CCCC3)c12. The van der Waals surface area contributed by atoms with Gasteiger partial charge in [0.1, 0.15) is 0 Å². The van der Waals surface area contributed by atoms with Crippen LogP contribution in [0.3, 0.4) is 0 Å². The molecule has 0 spiro atoms. The fourth-order valence-electron chi connectivity index (χ4n) is 4.91. The molecule has 1 N–H and O–H groups in total. The van der Waals surface area contributed by atoms with E-state index in [-0.39, 0.29) is 5.91 Å². The molecular formula is C27H28N6O. The molecule has 7 heteroatoms. The molecule has 0 radical (unpaired) electrons. The first-order valence-corrected chi connectivity index (χ1v) is 12.1. The summed E-state index contributed by atoms with van der Waals surface area (Å²) in [6, 6.07) is 16.1. The summed E-state index contributed by atoms with van der Waals surface area (Å²) in [6.07, 6.45) is 6.41. The quantitative estimate of drug-likeness (QED) is 0.465. The number of carbonyl (C=O) groups is 1. The molecule has 0 unspecified atom stereocenters. The van der Waals surface area contributed by atoms with Gasteiger partial charge in [-0.25, -0.2) is 9.97 Å². The second-order valence-corrected chi connectivity index (χ2v) is 9.26. The van der Waals surface area contributed by atoms with Crippen LogP contribution in [0, 0.1) is 6.92 Å². The van der Waals surface area contributed by atoms with Gasteiger partial charge in [-0.15, -0.1) is 0 Å². The molecule has 34 heavy (non-hydrogen) atoms. The highest BCUT2D eigenvalue weighted by Gasteiger charge is 2.29. The normalized spacial score (nSPS) is 15.7. The van der Waals surface area contributed by atoms with Gasteiger partial charge in [0.2, 0.25) is 0 Å². The first kappa shape index (κ1) is 20.8. The Morgan fingerprint density at radius 2 is 1.88 bits per heavy atom. The number of pyridine rings is 2. The van der Waals surface area contributed by atoms with Gasteiger partial charge in [-0.05, 0) is 62.4 Å². The zero-order chi connectivity index (χ0) is 23.1. The molecule has 4 aromatic rings. The Bertz CT molecular complexity index is 1350. The monoisotopic (exact) mass is 452 g/mol. The molecule has 6 rings (SSSR count).